The number of pyridine rings is 1. The third-order valence-corrected chi connectivity index (χ3v) is 5.63. The Labute approximate surface area is 149 Å². The standard InChI is InChI=1S/C19H28N2O4/c1-3-25-17-16(5-4-9-20-17)18(22)21-10-8-19(23,14(2)13-21)15-6-11-24-12-7-15/h4-5,9,14-15,23H,3,6-8,10-13H2,1-2H3. The maximum absolute atomic E-state index is 12.9. The highest BCUT2D eigenvalue weighted by Crippen LogP contribution is 2.39. The predicted molar refractivity (Wildman–Crippen MR) is 93.6 cm³/mol. The van der Waals surface area contributed by atoms with Crippen LogP contribution >= 0.6 is 0 Å². The van der Waals surface area contributed by atoms with Gasteiger partial charge >= 0.3 is 0 Å². The van der Waals surface area contributed by atoms with E-state index in [1.807, 2.05) is 18.7 Å². The molecule has 2 fully saturated rings. The minimum absolute atomic E-state index is 0.0283. The van der Waals surface area contributed by atoms with Crippen molar-refractivity contribution in [3.05, 3.63) is 23.9 Å². The molecule has 2 saturated heterocycles. The fourth-order valence-electron chi connectivity index (χ4n) is 4.10. The van der Waals surface area contributed by atoms with Gasteiger partial charge in [-0.1, -0.05) is 6.92 Å². The molecule has 138 valence electrons. The molecule has 0 bridgehead atoms. The van der Waals surface area contributed by atoms with Gasteiger partial charge in [-0.15, -0.1) is 0 Å². The fraction of sp³-hybridized carbons (Fsp3) is 0.684. The highest BCUT2D eigenvalue weighted by Gasteiger charge is 2.46. The van der Waals surface area contributed by atoms with Crippen LogP contribution in [-0.2, 0) is 4.74 Å². The van der Waals surface area contributed by atoms with Gasteiger partial charge in [0.25, 0.3) is 5.91 Å². The Bertz CT molecular complexity index is 603. The summed E-state index contributed by atoms with van der Waals surface area (Å²) >= 11 is 0. The molecule has 6 heteroatoms. The first kappa shape index (κ1) is 18.1. The lowest BCUT2D eigenvalue weighted by atomic mass is 9.70. The molecule has 1 aromatic rings. The van der Waals surface area contributed by atoms with E-state index in [0.29, 0.717) is 37.6 Å². The monoisotopic (exact) mass is 348 g/mol. The first-order valence-electron chi connectivity index (χ1n) is 9.23. The van der Waals surface area contributed by atoms with Crippen LogP contribution < -0.4 is 4.74 Å². The molecule has 3 heterocycles. The molecule has 2 aliphatic heterocycles. The Kier molecular flexibility index (Phi) is 5.59. The molecule has 0 spiro atoms. The second-order valence-electron chi connectivity index (χ2n) is 7.07. The van der Waals surface area contributed by atoms with Crippen molar-refractivity contribution >= 4 is 5.91 Å². The fourth-order valence-corrected chi connectivity index (χ4v) is 4.10. The number of nitrogens with zero attached hydrogens (tertiary/aromatic N) is 2. The summed E-state index contributed by atoms with van der Waals surface area (Å²) in [5, 5.41) is 11.2. The highest BCUT2D eigenvalue weighted by atomic mass is 16.5. The third-order valence-electron chi connectivity index (χ3n) is 5.63. The van der Waals surface area contributed by atoms with Crippen LogP contribution in [0.2, 0.25) is 0 Å². The normalized spacial score (nSPS) is 28.0. The van der Waals surface area contributed by atoms with E-state index in [9.17, 15) is 9.90 Å². The van der Waals surface area contributed by atoms with Gasteiger partial charge in [0, 0.05) is 38.4 Å². The van der Waals surface area contributed by atoms with Crippen molar-refractivity contribution in [1.29, 1.82) is 0 Å². The van der Waals surface area contributed by atoms with Gasteiger partial charge in [-0.25, -0.2) is 4.98 Å². The van der Waals surface area contributed by atoms with Gasteiger partial charge in [-0.3, -0.25) is 4.79 Å². The van der Waals surface area contributed by atoms with Gasteiger partial charge in [0.2, 0.25) is 5.88 Å². The molecule has 25 heavy (non-hydrogen) atoms. The number of aromatic nitrogens is 1. The van der Waals surface area contributed by atoms with Crippen LogP contribution in [0, 0.1) is 11.8 Å². The van der Waals surface area contributed by atoms with Crippen molar-refractivity contribution in [1.82, 2.24) is 9.88 Å². The van der Waals surface area contributed by atoms with Crippen LogP contribution in [0.25, 0.3) is 0 Å². The van der Waals surface area contributed by atoms with Gasteiger partial charge in [0.05, 0.1) is 12.2 Å². The Morgan fingerprint density at radius 1 is 1.48 bits per heavy atom. The molecular formula is C19H28N2O4. The Morgan fingerprint density at radius 3 is 2.92 bits per heavy atom. The van der Waals surface area contributed by atoms with Gasteiger partial charge < -0.3 is 19.5 Å². The molecule has 2 aliphatic rings. The summed E-state index contributed by atoms with van der Waals surface area (Å²) in [5.41, 5.74) is -0.217. The van der Waals surface area contributed by atoms with Crippen LogP contribution in [0.3, 0.4) is 0 Å². The predicted octanol–water partition coefficient (Wildman–Crippen LogP) is 2.12. The number of hydrogen-bond acceptors (Lipinski definition) is 5. The number of amides is 1. The lowest BCUT2D eigenvalue weighted by Gasteiger charge is -2.48. The highest BCUT2D eigenvalue weighted by molar-refractivity contribution is 5.96. The number of carbonyl (C=O) groups is 1. The van der Waals surface area contributed by atoms with Crippen molar-refractivity contribution in [3.63, 3.8) is 0 Å². The summed E-state index contributed by atoms with van der Waals surface area (Å²) in [4.78, 5) is 18.9. The van der Waals surface area contributed by atoms with E-state index in [0.717, 1.165) is 26.1 Å². The zero-order chi connectivity index (χ0) is 17.9. The molecule has 0 saturated carbocycles. The minimum atomic E-state index is -0.710. The average Bonchev–Trinajstić information content (AvgIpc) is 2.65. The zero-order valence-corrected chi connectivity index (χ0v) is 15.1. The summed E-state index contributed by atoms with van der Waals surface area (Å²) in [7, 11) is 0. The lowest BCUT2D eigenvalue weighted by Crippen LogP contribution is -2.56. The molecule has 0 radical (unpaired) electrons. The Hall–Kier alpha value is -1.66. The average molecular weight is 348 g/mol. The van der Waals surface area contributed by atoms with E-state index >= 15 is 0 Å². The van der Waals surface area contributed by atoms with Crippen molar-refractivity contribution in [3.8, 4) is 5.88 Å². The number of rotatable bonds is 4. The van der Waals surface area contributed by atoms with Gasteiger partial charge in [-0.2, -0.15) is 0 Å². The first-order chi connectivity index (χ1) is 12.1. The molecular weight excluding hydrogens is 320 g/mol. The Morgan fingerprint density at radius 2 is 2.24 bits per heavy atom. The second kappa shape index (κ2) is 7.70. The molecule has 1 aromatic heterocycles. The van der Waals surface area contributed by atoms with Crippen molar-refractivity contribution in [2.45, 2.75) is 38.7 Å². The molecule has 3 rings (SSSR count). The van der Waals surface area contributed by atoms with Crippen molar-refractivity contribution < 1.29 is 19.4 Å². The first-order valence-corrected chi connectivity index (χ1v) is 9.23. The quantitative estimate of drug-likeness (QED) is 0.902. The molecule has 1 N–H and O–H groups in total. The molecule has 0 aliphatic carbocycles. The van der Waals surface area contributed by atoms with Crippen LogP contribution in [0.4, 0.5) is 0 Å². The topological polar surface area (TPSA) is 71.9 Å². The van der Waals surface area contributed by atoms with Gasteiger partial charge in [-0.05, 0) is 44.2 Å². The maximum Gasteiger partial charge on any atom is 0.259 e. The number of carbonyl (C=O) groups excluding carboxylic acids is 1. The lowest BCUT2D eigenvalue weighted by molar-refractivity contribution is -0.125. The second-order valence-corrected chi connectivity index (χ2v) is 7.07. The molecule has 2 atom stereocenters. The molecule has 2 unspecified atom stereocenters. The summed E-state index contributed by atoms with van der Waals surface area (Å²) in [6, 6.07) is 3.51. The number of ether oxygens (including phenoxy) is 2. The van der Waals surface area contributed by atoms with Gasteiger partial charge in [0.1, 0.15) is 5.56 Å². The van der Waals surface area contributed by atoms with Crippen molar-refractivity contribution in [2.24, 2.45) is 11.8 Å². The van der Waals surface area contributed by atoms with E-state index in [1.165, 1.54) is 0 Å². The van der Waals surface area contributed by atoms with Crippen LogP contribution in [0.1, 0.15) is 43.5 Å². The smallest absolute Gasteiger partial charge is 0.259 e. The molecule has 1 amide bonds. The SMILES string of the molecule is CCOc1ncccc1C(=O)N1CCC(O)(C2CCOCC2)C(C)C1. The van der Waals surface area contributed by atoms with E-state index < -0.39 is 5.60 Å². The van der Waals surface area contributed by atoms with E-state index in [1.54, 1.807) is 18.3 Å². The Balaban J connectivity index is 1.71. The molecule has 0 aromatic carbocycles. The minimum Gasteiger partial charge on any atom is -0.477 e. The van der Waals surface area contributed by atoms with E-state index in [2.05, 4.69) is 4.98 Å². The number of aliphatic hydroxyl groups is 1. The maximum atomic E-state index is 12.9. The number of piperidine rings is 1. The summed E-state index contributed by atoms with van der Waals surface area (Å²) in [6.45, 7) is 6.93. The van der Waals surface area contributed by atoms with Gasteiger partial charge in [0.15, 0.2) is 0 Å². The number of hydrogen-bond donors (Lipinski definition) is 1. The number of likely N-dealkylation sites (tertiary alicyclic amines) is 1. The summed E-state index contributed by atoms with van der Waals surface area (Å²) < 4.78 is 10.9. The zero-order valence-electron chi connectivity index (χ0n) is 15.1. The summed E-state index contributed by atoms with van der Waals surface area (Å²) in [6.07, 6.45) is 4.02. The van der Waals surface area contributed by atoms with Crippen LogP contribution in [0.15, 0.2) is 18.3 Å². The van der Waals surface area contributed by atoms with Crippen molar-refractivity contribution in [2.75, 3.05) is 32.9 Å². The van der Waals surface area contributed by atoms with E-state index in [4.69, 9.17) is 9.47 Å². The molecule has 6 nitrogen and oxygen atoms in total. The third kappa shape index (κ3) is 3.65. The van der Waals surface area contributed by atoms with E-state index in [-0.39, 0.29) is 17.7 Å². The summed E-state index contributed by atoms with van der Waals surface area (Å²) in [5.74, 6) is 0.594. The van der Waals surface area contributed by atoms with Crippen LogP contribution in [-0.4, -0.2) is 59.4 Å². The largest absolute Gasteiger partial charge is 0.477 e. The van der Waals surface area contributed by atoms with Crippen LogP contribution in [0.5, 0.6) is 5.88 Å².